The number of hydrogen-bond donors (Lipinski definition) is 3. The fraction of sp³-hybridized carbons (Fsp3) is 0.462. The topological polar surface area (TPSA) is 79.7 Å². The summed E-state index contributed by atoms with van der Waals surface area (Å²) >= 11 is 0. The van der Waals surface area contributed by atoms with E-state index in [0.717, 1.165) is 31.3 Å². The van der Waals surface area contributed by atoms with Crippen LogP contribution in [0.4, 0.5) is 21.8 Å². The Balaban J connectivity index is 0.00000176. The average molecular weight is 328 g/mol. The van der Waals surface area contributed by atoms with Gasteiger partial charge in [-0.15, -0.1) is 12.4 Å². The predicted octanol–water partition coefficient (Wildman–Crippen LogP) is 1.68. The highest BCUT2D eigenvalue weighted by atomic mass is 35.5. The van der Waals surface area contributed by atoms with Gasteiger partial charge in [0.2, 0.25) is 5.95 Å². The molecule has 7 nitrogen and oxygen atoms in total. The van der Waals surface area contributed by atoms with Gasteiger partial charge in [-0.25, -0.2) is 9.37 Å². The molecular formula is C13H19ClFN7. The highest BCUT2D eigenvalue weighted by Crippen LogP contribution is 2.16. The van der Waals surface area contributed by atoms with E-state index in [1.807, 2.05) is 7.05 Å². The Morgan fingerprint density at radius 2 is 2.32 bits per heavy atom. The van der Waals surface area contributed by atoms with Crippen LogP contribution in [0.25, 0.3) is 0 Å². The second-order valence-electron chi connectivity index (χ2n) is 5.09. The Hall–Kier alpha value is -1.93. The Morgan fingerprint density at radius 1 is 1.45 bits per heavy atom. The molecule has 2 aromatic rings. The van der Waals surface area contributed by atoms with E-state index in [1.54, 1.807) is 17.1 Å². The number of hydrogen-bond acceptors (Lipinski definition) is 6. The molecule has 3 N–H and O–H groups in total. The molecule has 1 saturated heterocycles. The second kappa shape index (κ2) is 7.37. The van der Waals surface area contributed by atoms with Gasteiger partial charge in [0.05, 0.1) is 18.1 Å². The van der Waals surface area contributed by atoms with Crippen molar-refractivity contribution in [3.05, 3.63) is 24.4 Å². The van der Waals surface area contributed by atoms with Gasteiger partial charge in [0.15, 0.2) is 11.6 Å². The molecule has 0 saturated carbocycles. The molecule has 0 amide bonds. The Morgan fingerprint density at radius 3 is 3.00 bits per heavy atom. The van der Waals surface area contributed by atoms with Gasteiger partial charge in [-0.2, -0.15) is 10.1 Å². The molecule has 1 aliphatic rings. The molecule has 3 rings (SSSR count). The summed E-state index contributed by atoms with van der Waals surface area (Å²) in [6.07, 6.45) is 6.87. The summed E-state index contributed by atoms with van der Waals surface area (Å²) in [5, 5.41) is 13.4. The van der Waals surface area contributed by atoms with Crippen molar-refractivity contribution in [2.24, 2.45) is 7.05 Å². The molecular weight excluding hydrogens is 309 g/mol. The zero-order valence-corrected chi connectivity index (χ0v) is 13.0. The zero-order chi connectivity index (χ0) is 14.7. The number of nitrogens with one attached hydrogen (secondary N) is 3. The lowest BCUT2D eigenvalue weighted by Gasteiger charge is -2.13. The molecule has 120 valence electrons. The molecule has 0 aliphatic carbocycles. The Bertz CT molecular complexity index is 612. The third kappa shape index (κ3) is 4.05. The fourth-order valence-corrected chi connectivity index (χ4v) is 2.32. The fourth-order valence-electron chi connectivity index (χ4n) is 2.32. The largest absolute Gasteiger partial charge is 0.366 e. The van der Waals surface area contributed by atoms with Crippen LogP contribution < -0.4 is 16.0 Å². The zero-order valence-electron chi connectivity index (χ0n) is 12.2. The van der Waals surface area contributed by atoms with Crippen LogP contribution in [0.15, 0.2) is 18.6 Å². The number of nitrogens with zero attached hydrogens (tertiary/aromatic N) is 4. The van der Waals surface area contributed by atoms with Crippen molar-refractivity contribution >= 4 is 29.9 Å². The van der Waals surface area contributed by atoms with E-state index < -0.39 is 5.82 Å². The summed E-state index contributed by atoms with van der Waals surface area (Å²) in [5.41, 5.74) is 0.757. The quantitative estimate of drug-likeness (QED) is 0.775. The normalized spacial score (nSPS) is 17.1. The first-order chi connectivity index (χ1) is 10.2. The number of anilines is 3. The van der Waals surface area contributed by atoms with Gasteiger partial charge in [0, 0.05) is 25.8 Å². The SMILES string of the molecule is Cl.Cn1cc(Nc2ncc(F)c(NC[C@@H]3CCCN3)n2)cn1. The second-order valence-corrected chi connectivity index (χ2v) is 5.09. The molecule has 1 aliphatic heterocycles. The van der Waals surface area contributed by atoms with Crippen LogP contribution in [-0.2, 0) is 7.05 Å². The third-order valence-corrected chi connectivity index (χ3v) is 3.38. The molecule has 0 unspecified atom stereocenters. The van der Waals surface area contributed by atoms with Crippen LogP contribution in [0.2, 0.25) is 0 Å². The van der Waals surface area contributed by atoms with E-state index in [1.165, 1.54) is 0 Å². The van der Waals surface area contributed by atoms with E-state index in [0.29, 0.717) is 18.5 Å². The molecule has 0 aromatic carbocycles. The molecule has 1 fully saturated rings. The number of aromatic nitrogens is 4. The lowest BCUT2D eigenvalue weighted by Crippen LogP contribution is -2.29. The van der Waals surface area contributed by atoms with Crippen LogP contribution in [0, 0.1) is 5.82 Å². The lowest BCUT2D eigenvalue weighted by atomic mass is 10.2. The van der Waals surface area contributed by atoms with Gasteiger partial charge in [0.1, 0.15) is 0 Å². The highest BCUT2D eigenvalue weighted by Gasteiger charge is 2.15. The minimum Gasteiger partial charge on any atom is -0.366 e. The van der Waals surface area contributed by atoms with E-state index >= 15 is 0 Å². The average Bonchev–Trinajstić information content (AvgIpc) is 3.11. The summed E-state index contributed by atoms with van der Waals surface area (Å²) in [7, 11) is 1.82. The maximum absolute atomic E-state index is 13.7. The molecule has 3 heterocycles. The first-order valence-electron chi connectivity index (χ1n) is 6.96. The van der Waals surface area contributed by atoms with E-state index in [4.69, 9.17) is 0 Å². The summed E-state index contributed by atoms with van der Waals surface area (Å²) in [5.74, 6) is 0.0982. The number of halogens is 2. The van der Waals surface area contributed by atoms with Gasteiger partial charge in [-0.1, -0.05) is 0 Å². The lowest BCUT2D eigenvalue weighted by molar-refractivity contribution is 0.604. The van der Waals surface area contributed by atoms with Crippen molar-refractivity contribution in [2.75, 3.05) is 23.7 Å². The van der Waals surface area contributed by atoms with Crippen molar-refractivity contribution in [1.29, 1.82) is 0 Å². The van der Waals surface area contributed by atoms with Crippen LogP contribution in [0.5, 0.6) is 0 Å². The monoisotopic (exact) mass is 327 g/mol. The number of aryl methyl sites for hydroxylation is 1. The maximum Gasteiger partial charge on any atom is 0.229 e. The standard InChI is InChI=1S/C13H18FN7.ClH/c1-21-8-10(6-18-21)19-13-17-7-11(14)12(20-13)16-5-9-3-2-4-15-9;/h6-9,15H,2-5H2,1H3,(H2,16,17,19,20);1H/t9-;/m0./s1. The first kappa shape index (κ1) is 16.4. The minimum absolute atomic E-state index is 0. The molecule has 0 spiro atoms. The van der Waals surface area contributed by atoms with Crippen molar-refractivity contribution in [1.82, 2.24) is 25.1 Å². The van der Waals surface area contributed by atoms with Crippen molar-refractivity contribution < 1.29 is 4.39 Å². The molecule has 2 aromatic heterocycles. The first-order valence-corrected chi connectivity index (χ1v) is 6.96. The van der Waals surface area contributed by atoms with Crippen molar-refractivity contribution in [3.8, 4) is 0 Å². The Labute approximate surface area is 134 Å². The van der Waals surface area contributed by atoms with Crippen LogP contribution >= 0.6 is 12.4 Å². The van der Waals surface area contributed by atoms with Crippen molar-refractivity contribution in [3.63, 3.8) is 0 Å². The van der Waals surface area contributed by atoms with Crippen molar-refractivity contribution in [2.45, 2.75) is 18.9 Å². The Kier molecular flexibility index (Phi) is 5.51. The molecule has 9 heteroatoms. The van der Waals surface area contributed by atoms with Gasteiger partial charge >= 0.3 is 0 Å². The third-order valence-electron chi connectivity index (χ3n) is 3.38. The molecule has 22 heavy (non-hydrogen) atoms. The summed E-state index contributed by atoms with van der Waals surface area (Å²) in [6.45, 7) is 1.67. The van der Waals surface area contributed by atoms with Gasteiger partial charge in [-0.05, 0) is 19.4 Å². The molecule has 0 bridgehead atoms. The smallest absolute Gasteiger partial charge is 0.229 e. The number of rotatable bonds is 5. The van der Waals surface area contributed by atoms with Crippen LogP contribution in [0.1, 0.15) is 12.8 Å². The van der Waals surface area contributed by atoms with E-state index in [-0.39, 0.29) is 18.2 Å². The predicted molar refractivity (Wildman–Crippen MR) is 85.2 cm³/mol. The molecule has 0 radical (unpaired) electrons. The highest BCUT2D eigenvalue weighted by molar-refractivity contribution is 5.85. The van der Waals surface area contributed by atoms with Crippen LogP contribution in [-0.4, -0.2) is 38.9 Å². The maximum atomic E-state index is 13.7. The van der Waals surface area contributed by atoms with Gasteiger partial charge in [0.25, 0.3) is 0 Å². The van der Waals surface area contributed by atoms with Gasteiger partial charge < -0.3 is 16.0 Å². The van der Waals surface area contributed by atoms with Gasteiger partial charge in [-0.3, -0.25) is 4.68 Å². The van der Waals surface area contributed by atoms with Crippen LogP contribution in [0.3, 0.4) is 0 Å². The van der Waals surface area contributed by atoms with E-state index in [9.17, 15) is 4.39 Å². The summed E-state index contributed by atoms with van der Waals surface area (Å²) in [4.78, 5) is 8.10. The summed E-state index contributed by atoms with van der Waals surface area (Å²) in [6, 6.07) is 0.370. The summed E-state index contributed by atoms with van der Waals surface area (Å²) < 4.78 is 15.4. The minimum atomic E-state index is -0.454. The van der Waals surface area contributed by atoms with E-state index in [2.05, 4.69) is 31.0 Å². The molecule has 1 atom stereocenters.